The first-order valence-corrected chi connectivity index (χ1v) is 6.94. The number of rotatable bonds is 4. The van der Waals surface area contributed by atoms with Gasteiger partial charge in [0.2, 0.25) is 0 Å². The van der Waals surface area contributed by atoms with Gasteiger partial charge in [-0.1, -0.05) is 19.3 Å². The molecule has 7 heteroatoms. The number of amides is 1. The van der Waals surface area contributed by atoms with Gasteiger partial charge in [-0.05, 0) is 18.8 Å². The summed E-state index contributed by atoms with van der Waals surface area (Å²) in [6.07, 6.45) is 6.74. The van der Waals surface area contributed by atoms with E-state index in [0.29, 0.717) is 12.5 Å². The fourth-order valence-electron chi connectivity index (χ4n) is 2.73. The van der Waals surface area contributed by atoms with E-state index in [1.165, 1.54) is 6.42 Å². The standard InChI is InChI=1S/C13H20N4O3/c14-6-10(8-4-2-1-3-5-8)16-11(18)9-7-15-13(20)17-12(9)19/h7-8,10H,1-6,14H2,(H,16,18)(H2,15,17,19,20). The molecule has 0 spiro atoms. The van der Waals surface area contributed by atoms with Gasteiger partial charge in [0.1, 0.15) is 5.56 Å². The van der Waals surface area contributed by atoms with Gasteiger partial charge in [0.15, 0.2) is 0 Å². The summed E-state index contributed by atoms with van der Waals surface area (Å²) in [7, 11) is 0. The van der Waals surface area contributed by atoms with Gasteiger partial charge < -0.3 is 16.0 Å². The largest absolute Gasteiger partial charge is 0.348 e. The Balaban J connectivity index is 2.08. The lowest BCUT2D eigenvalue weighted by molar-refractivity contribution is 0.0913. The molecule has 1 saturated carbocycles. The van der Waals surface area contributed by atoms with Crippen LogP contribution in [0.15, 0.2) is 15.8 Å². The summed E-state index contributed by atoms with van der Waals surface area (Å²) in [4.78, 5) is 38.9. The molecule has 1 fully saturated rings. The van der Waals surface area contributed by atoms with Crippen LogP contribution >= 0.6 is 0 Å². The lowest BCUT2D eigenvalue weighted by Crippen LogP contribution is -2.47. The smallest absolute Gasteiger partial charge is 0.325 e. The molecule has 1 amide bonds. The minimum atomic E-state index is -0.689. The van der Waals surface area contributed by atoms with Gasteiger partial charge >= 0.3 is 5.69 Å². The van der Waals surface area contributed by atoms with Crippen LogP contribution in [0.25, 0.3) is 0 Å². The molecule has 1 unspecified atom stereocenters. The first-order chi connectivity index (χ1) is 9.61. The molecule has 1 aromatic heterocycles. The predicted octanol–water partition coefficient (Wildman–Crippen LogP) is -0.299. The molecule has 0 radical (unpaired) electrons. The van der Waals surface area contributed by atoms with Crippen LogP contribution in [0.1, 0.15) is 42.5 Å². The van der Waals surface area contributed by atoms with Gasteiger partial charge in [-0.15, -0.1) is 0 Å². The normalized spacial score (nSPS) is 17.6. The molecule has 0 saturated heterocycles. The van der Waals surface area contributed by atoms with Gasteiger partial charge in [0, 0.05) is 18.8 Å². The van der Waals surface area contributed by atoms with Gasteiger partial charge in [-0.3, -0.25) is 14.6 Å². The summed E-state index contributed by atoms with van der Waals surface area (Å²) in [5, 5.41) is 2.81. The van der Waals surface area contributed by atoms with Crippen molar-refractivity contribution in [3.63, 3.8) is 0 Å². The Hall–Kier alpha value is -1.89. The van der Waals surface area contributed by atoms with E-state index in [1.54, 1.807) is 0 Å². The Morgan fingerprint density at radius 3 is 2.65 bits per heavy atom. The predicted molar refractivity (Wildman–Crippen MR) is 74.6 cm³/mol. The second-order valence-electron chi connectivity index (χ2n) is 5.20. The highest BCUT2D eigenvalue weighted by Gasteiger charge is 2.25. The Kier molecular flexibility index (Phi) is 4.73. The molecule has 1 aliphatic rings. The number of aromatic amines is 2. The van der Waals surface area contributed by atoms with Crippen LogP contribution in [0.2, 0.25) is 0 Å². The second kappa shape index (κ2) is 6.51. The number of carbonyl (C=O) groups is 1. The molecule has 0 bridgehead atoms. The van der Waals surface area contributed by atoms with E-state index in [-0.39, 0.29) is 11.6 Å². The van der Waals surface area contributed by atoms with Gasteiger partial charge in [-0.2, -0.15) is 0 Å². The molecule has 0 aliphatic heterocycles. The van der Waals surface area contributed by atoms with E-state index in [9.17, 15) is 14.4 Å². The molecule has 20 heavy (non-hydrogen) atoms. The molecule has 0 aromatic carbocycles. The van der Waals surface area contributed by atoms with Crippen LogP contribution < -0.4 is 22.3 Å². The molecular weight excluding hydrogens is 260 g/mol. The molecule has 7 nitrogen and oxygen atoms in total. The zero-order valence-corrected chi connectivity index (χ0v) is 11.3. The lowest BCUT2D eigenvalue weighted by atomic mass is 9.84. The Bertz CT molecular complexity index is 571. The van der Waals surface area contributed by atoms with Crippen molar-refractivity contribution in [2.24, 2.45) is 11.7 Å². The molecule has 1 atom stereocenters. The number of nitrogens with two attached hydrogens (primary N) is 1. The van der Waals surface area contributed by atoms with Crippen molar-refractivity contribution in [2.75, 3.05) is 6.54 Å². The zero-order valence-electron chi connectivity index (χ0n) is 11.3. The van der Waals surface area contributed by atoms with E-state index in [0.717, 1.165) is 31.9 Å². The summed E-state index contributed by atoms with van der Waals surface area (Å²) in [6, 6.07) is -0.130. The average molecular weight is 280 g/mol. The highest BCUT2D eigenvalue weighted by molar-refractivity contribution is 5.93. The highest BCUT2D eigenvalue weighted by atomic mass is 16.2. The van der Waals surface area contributed by atoms with Crippen molar-refractivity contribution in [1.82, 2.24) is 15.3 Å². The third-order valence-corrected chi connectivity index (χ3v) is 3.85. The van der Waals surface area contributed by atoms with E-state index in [1.807, 2.05) is 4.98 Å². The SMILES string of the molecule is NCC(NC(=O)c1c[nH]c(=O)[nH]c1=O)C1CCCCC1. The van der Waals surface area contributed by atoms with E-state index in [4.69, 9.17) is 5.73 Å². The van der Waals surface area contributed by atoms with Crippen molar-refractivity contribution >= 4 is 5.91 Å². The van der Waals surface area contributed by atoms with Crippen LogP contribution in [-0.2, 0) is 0 Å². The first kappa shape index (κ1) is 14.5. The quantitative estimate of drug-likeness (QED) is 0.605. The van der Waals surface area contributed by atoms with E-state index in [2.05, 4.69) is 10.3 Å². The Labute approximate surface area is 116 Å². The van der Waals surface area contributed by atoms with Crippen LogP contribution in [0.4, 0.5) is 0 Å². The molecular formula is C13H20N4O3. The number of hydrogen-bond acceptors (Lipinski definition) is 4. The van der Waals surface area contributed by atoms with E-state index >= 15 is 0 Å². The lowest BCUT2D eigenvalue weighted by Gasteiger charge is -2.29. The Morgan fingerprint density at radius 1 is 1.35 bits per heavy atom. The summed E-state index contributed by atoms with van der Waals surface area (Å²) < 4.78 is 0. The van der Waals surface area contributed by atoms with E-state index < -0.39 is 17.2 Å². The van der Waals surface area contributed by atoms with Crippen LogP contribution in [0, 0.1) is 5.92 Å². The van der Waals surface area contributed by atoms with Crippen LogP contribution in [-0.4, -0.2) is 28.5 Å². The van der Waals surface area contributed by atoms with Gasteiger partial charge in [0.25, 0.3) is 11.5 Å². The number of nitrogens with one attached hydrogen (secondary N) is 3. The summed E-state index contributed by atoms with van der Waals surface area (Å²) in [6.45, 7) is 0.345. The number of hydrogen-bond donors (Lipinski definition) is 4. The maximum Gasteiger partial charge on any atom is 0.325 e. The monoisotopic (exact) mass is 280 g/mol. The Morgan fingerprint density at radius 2 is 2.05 bits per heavy atom. The molecule has 1 aromatic rings. The number of aromatic nitrogens is 2. The maximum absolute atomic E-state index is 12.1. The summed E-state index contributed by atoms with van der Waals surface area (Å²) in [5.41, 5.74) is 4.32. The molecule has 5 N–H and O–H groups in total. The summed E-state index contributed by atoms with van der Waals surface area (Å²) >= 11 is 0. The zero-order chi connectivity index (χ0) is 14.5. The fourth-order valence-corrected chi connectivity index (χ4v) is 2.73. The van der Waals surface area contributed by atoms with Crippen LogP contribution in [0.5, 0.6) is 0 Å². The minimum Gasteiger partial charge on any atom is -0.348 e. The third kappa shape index (κ3) is 3.36. The van der Waals surface area contributed by atoms with Gasteiger partial charge in [-0.25, -0.2) is 4.79 Å². The fraction of sp³-hybridized carbons (Fsp3) is 0.615. The number of carbonyl (C=O) groups excluding carboxylic acids is 1. The molecule has 110 valence electrons. The third-order valence-electron chi connectivity index (χ3n) is 3.85. The summed E-state index contributed by atoms with van der Waals surface area (Å²) in [5.74, 6) is -0.136. The topological polar surface area (TPSA) is 121 Å². The average Bonchev–Trinajstić information content (AvgIpc) is 2.45. The molecule has 1 heterocycles. The van der Waals surface area contributed by atoms with Crippen molar-refractivity contribution in [2.45, 2.75) is 38.1 Å². The van der Waals surface area contributed by atoms with Crippen molar-refractivity contribution < 1.29 is 4.79 Å². The number of H-pyrrole nitrogens is 2. The minimum absolute atomic E-state index is 0.0983. The molecule has 2 rings (SSSR count). The van der Waals surface area contributed by atoms with Gasteiger partial charge in [0.05, 0.1) is 0 Å². The van der Waals surface area contributed by atoms with Crippen molar-refractivity contribution in [3.05, 3.63) is 32.6 Å². The van der Waals surface area contributed by atoms with Crippen LogP contribution in [0.3, 0.4) is 0 Å². The van der Waals surface area contributed by atoms with Crippen molar-refractivity contribution in [1.29, 1.82) is 0 Å². The molecule has 1 aliphatic carbocycles. The highest BCUT2D eigenvalue weighted by Crippen LogP contribution is 2.26. The van der Waals surface area contributed by atoms with Crippen molar-refractivity contribution in [3.8, 4) is 0 Å². The first-order valence-electron chi connectivity index (χ1n) is 6.94. The maximum atomic E-state index is 12.1. The second-order valence-corrected chi connectivity index (χ2v) is 5.20.